The van der Waals surface area contributed by atoms with Crippen LogP contribution in [0.2, 0.25) is 0 Å². The van der Waals surface area contributed by atoms with Gasteiger partial charge in [0.15, 0.2) is 11.5 Å². The standard InChI is InChI=1S/C23H28N2O4/c1-16(26)25(19-8-6-5-7-18(19)23(2,3)4)12-11-22(27)24-14-17-9-10-20-21(13-17)29-15-28-20/h5-10,13H,11-12,14-15H2,1-4H3,(H,24,27). The lowest BCUT2D eigenvalue weighted by Gasteiger charge is -2.29. The van der Waals surface area contributed by atoms with Crippen LogP contribution in [0, 0.1) is 0 Å². The summed E-state index contributed by atoms with van der Waals surface area (Å²) in [5, 5.41) is 2.91. The molecule has 154 valence electrons. The summed E-state index contributed by atoms with van der Waals surface area (Å²) in [5.41, 5.74) is 2.77. The molecule has 1 aliphatic heterocycles. The van der Waals surface area contributed by atoms with Crippen LogP contribution in [0.4, 0.5) is 5.69 Å². The van der Waals surface area contributed by atoms with Gasteiger partial charge in [0.1, 0.15) is 0 Å². The molecule has 29 heavy (non-hydrogen) atoms. The van der Waals surface area contributed by atoms with Crippen LogP contribution in [-0.4, -0.2) is 25.2 Å². The molecule has 6 heteroatoms. The molecule has 3 rings (SSSR count). The summed E-state index contributed by atoms with van der Waals surface area (Å²) in [6.45, 7) is 8.82. The molecule has 2 aromatic carbocycles. The smallest absolute Gasteiger partial charge is 0.231 e. The summed E-state index contributed by atoms with van der Waals surface area (Å²) >= 11 is 0. The molecule has 0 fully saturated rings. The third-order valence-corrected chi connectivity index (χ3v) is 4.87. The molecule has 0 radical (unpaired) electrons. The van der Waals surface area contributed by atoms with Crippen LogP contribution in [0.1, 0.15) is 45.2 Å². The fraction of sp³-hybridized carbons (Fsp3) is 0.391. The molecule has 0 spiro atoms. The SMILES string of the molecule is CC(=O)N(CCC(=O)NCc1ccc2c(c1)OCO2)c1ccccc1C(C)(C)C. The lowest BCUT2D eigenvalue weighted by molar-refractivity contribution is -0.121. The number of fused-ring (bicyclic) bond motifs is 1. The summed E-state index contributed by atoms with van der Waals surface area (Å²) in [7, 11) is 0. The Hall–Kier alpha value is -3.02. The maximum absolute atomic E-state index is 12.4. The van der Waals surface area contributed by atoms with Gasteiger partial charge in [-0.05, 0) is 34.7 Å². The second-order valence-corrected chi connectivity index (χ2v) is 8.15. The van der Waals surface area contributed by atoms with Crippen molar-refractivity contribution in [1.82, 2.24) is 5.32 Å². The van der Waals surface area contributed by atoms with E-state index in [0.717, 1.165) is 22.6 Å². The van der Waals surface area contributed by atoms with Gasteiger partial charge in [-0.25, -0.2) is 0 Å². The number of para-hydroxylation sites is 1. The molecular formula is C23H28N2O4. The number of hydrogen-bond acceptors (Lipinski definition) is 4. The van der Waals surface area contributed by atoms with Crippen LogP contribution in [-0.2, 0) is 21.5 Å². The second-order valence-electron chi connectivity index (χ2n) is 8.15. The highest BCUT2D eigenvalue weighted by Crippen LogP contribution is 2.33. The molecule has 2 aromatic rings. The molecule has 1 heterocycles. The Bertz CT molecular complexity index is 902. The van der Waals surface area contributed by atoms with Crippen molar-refractivity contribution in [1.29, 1.82) is 0 Å². The first-order valence-electron chi connectivity index (χ1n) is 9.78. The molecule has 1 N–H and O–H groups in total. The summed E-state index contributed by atoms with van der Waals surface area (Å²) < 4.78 is 10.7. The van der Waals surface area contributed by atoms with E-state index in [9.17, 15) is 9.59 Å². The number of hydrogen-bond donors (Lipinski definition) is 1. The zero-order chi connectivity index (χ0) is 21.0. The number of rotatable bonds is 6. The predicted octanol–water partition coefficient (Wildman–Crippen LogP) is 3.77. The number of carbonyl (C=O) groups is 2. The summed E-state index contributed by atoms with van der Waals surface area (Å²) in [5.74, 6) is 1.22. The average Bonchev–Trinajstić information content (AvgIpc) is 3.13. The molecule has 0 bridgehead atoms. The molecule has 2 amide bonds. The van der Waals surface area contributed by atoms with Crippen molar-refractivity contribution in [3.63, 3.8) is 0 Å². The first kappa shape index (κ1) is 20.7. The van der Waals surface area contributed by atoms with E-state index in [0.29, 0.717) is 18.8 Å². The van der Waals surface area contributed by atoms with Crippen LogP contribution in [0.25, 0.3) is 0 Å². The van der Waals surface area contributed by atoms with Gasteiger partial charge in [-0.15, -0.1) is 0 Å². The lowest BCUT2D eigenvalue weighted by atomic mass is 9.85. The van der Waals surface area contributed by atoms with Gasteiger partial charge in [-0.3, -0.25) is 9.59 Å². The van der Waals surface area contributed by atoms with Crippen molar-refractivity contribution in [3.05, 3.63) is 53.6 Å². The number of ether oxygens (including phenoxy) is 2. The van der Waals surface area contributed by atoms with Crippen LogP contribution in [0.3, 0.4) is 0 Å². The highest BCUT2D eigenvalue weighted by Gasteiger charge is 2.23. The van der Waals surface area contributed by atoms with Gasteiger partial charge >= 0.3 is 0 Å². The van der Waals surface area contributed by atoms with Gasteiger partial charge in [-0.2, -0.15) is 0 Å². The molecule has 1 aliphatic rings. The molecule has 6 nitrogen and oxygen atoms in total. The van der Waals surface area contributed by atoms with E-state index in [1.165, 1.54) is 6.92 Å². The van der Waals surface area contributed by atoms with Crippen LogP contribution in [0.15, 0.2) is 42.5 Å². The number of nitrogens with zero attached hydrogens (tertiary/aromatic N) is 1. The Morgan fingerprint density at radius 3 is 2.52 bits per heavy atom. The number of anilines is 1. The van der Waals surface area contributed by atoms with E-state index in [-0.39, 0.29) is 30.4 Å². The maximum Gasteiger partial charge on any atom is 0.231 e. The molecule has 0 aromatic heterocycles. The Balaban J connectivity index is 1.61. The van der Waals surface area contributed by atoms with Crippen molar-refractivity contribution < 1.29 is 19.1 Å². The molecule has 0 unspecified atom stereocenters. The molecular weight excluding hydrogens is 368 g/mol. The molecule has 0 aliphatic carbocycles. The van der Waals surface area contributed by atoms with E-state index >= 15 is 0 Å². The third kappa shape index (κ3) is 5.08. The topological polar surface area (TPSA) is 67.9 Å². The van der Waals surface area contributed by atoms with E-state index in [1.807, 2.05) is 42.5 Å². The first-order chi connectivity index (χ1) is 13.8. The fourth-order valence-corrected chi connectivity index (χ4v) is 3.34. The van der Waals surface area contributed by atoms with Gasteiger partial charge in [-0.1, -0.05) is 45.0 Å². The minimum absolute atomic E-state index is 0.0785. The van der Waals surface area contributed by atoms with Crippen LogP contribution in [0.5, 0.6) is 11.5 Å². The number of nitrogens with one attached hydrogen (secondary N) is 1. The van der Waals surface area contributed by atoms with Gasteiger partial charge in [0.05, 0.1) is 0 Å². The van der Waals surface area contributed by atoms with Crippen molar-refractivity contribution in [2.75, 3.05) is 18.2 Å². The fourth-order valence-electron chi connectivity index (χ4n) is 3.34. The molecule has 0 saturated heterocycles. The zero-order valence-electron chi connectivity index (χ0n) is 17.5. The Labute approximate surface area is 171 Å². The van der Waals surface area contributed by atoms with E-state index in [1.54, 1.807) is 4.90 Å². The van der Waals surface area contributed by atoms with E-state index in [2.05, 4.69) is 26.1 Å². The maximum atomic E-state index is 12.4. The summed E-state index contributed by atoms with van der Waals surface area (Å²) in [4.78, 5) is 26.4. The Morgan fingerprint density at radius 1 is 1.07 bits per heavy atom. The van der Waals surface area contributed by atoms with Crippen molar-refractivity contribution in [3.8, 4) is 11.5 Å². The third-order valence-electron chi connectivity index (χ3n) is 4.87. The van der Waals surface area contributed by atoms with Gasteiger partial charge in [0, 0.05) is 32.1 Å². The normalized spacial score (nSPS) is 12.6. The highest BCUT2D eigenvalue weighted by molar-refractivity contribution is 5.93. The molecule has 0 atom stereocenters. The predicted molar refractivity (Wildman–Crippen MR) is 112 cm³/mol. The minimum atomic E-state index is -0.109. The van der Waals surface area contributed by atoms with Gasteiger partial charge < -0.3 is 19.7 Å². The summed E-state index contributed by atoms with van der Waals surface area (Å²) in [6, 6.07) is 13.5. The number of benzene rings is 2. The highest BCUT2D eigenvalue weighted by atomic mass is 16.7. The minimum Gasteiger partial charge on any atom is -0.454 e. The largest absolute Gasteiger partial charge is 0.454 e. The Morgan fingerprint density at radius 2 is 1.79 bits per heavy atom. The van der Waals surface area contributed by atoms with Crippen molar-refractivity contribution in [2.45, 2.75) is 46.1 Å². The van der Waals surface area contributed by atoms with Gasteiger partial charge in [0.25, 0.3) is 0 Å². The lowest BCUT2D eigenvalue weighted by Crippen LogP contribution is -2.35. The molecule has 0 saturated carbocycles. The zero-order valence-corrected chi connectivity index (χ0v) is 17.5. The van der Waals surface area contributed by atoms with Crippen LogP contribution < -0.4 is 19.7 Å². The summed E-state index contributed by atoms with van der Waals surface area (Å²) in [6.07, 6.45) is 0.225. The second kappa shape index (κ2) is 8.55. The first-order valence-corrected chi connectivity index (χ1v) is 9.78. The van der Waals surface area contributed by atoms with Crippen LogP contribution >= 0.6 is 0 Å². The van der Waals surface area contributed by atoms with Crippen molar-refractivity contribution >= 4 is 17.5 Å². The van der Waals surface area contributed by atoms with Gasteiger partial charge in [0.2, 0.25) is 18.6 Å². The average molecular weight is 396 g/mol. The van der Waals surface area contributed by atoms with E-state index < -0.39 is 0 Å². The number of amides is 2. The van der Waals surface area contributed by atoms with Crippen molar-refractivity contribution in [2.24, 2.45) is 0 Å². The number of carbonyl (C=O) groups excluding carboxylic acids is 2. The Kier molecular flexibility index (Phi) is 6.11. The monoisotopic (exact) mass is 396 g/mol. The quantitative estimate of drug-likeness (QED) is 0.807. The van der Waals surface area contributed by atoms with E-state index in [4.69, 9.17) is 9.47 Å².